The van der Waals surface area contributed by atoms with Gasteiger partial charge in [-0.25, -0.2) is 4.79 Å². The first kappa shape index (κ1) is 17.1. The number of rotatable bonds is 4. The number of hydrogen-bond acceptors (Lipinski definition) is 5. The molecule has 6 heteroatoms. The average molecular weight is 330 g/mol. The van der Waals surface area contributed by atoms with Gasteiger partial charge in [0.05, 0.1) is 11.9 Å². The summed E-state index contributed by atoms with van der Waals surface area (Å²) >= 11 is 1.25. The highest BCUT2D eigenvalue weighted by Crippen LogP contribution is 2.41. The molecule has 2 rings (SSSR count). The summed E-state index contributed by atoms with van der Waals surface area (Å²) in [7, 11) is 0. The van der Waals surface area contributed by atoms with Crippen LogP contribution in [0.3, 0.4) is 0 Å². The van der Waals surface area contributed by atoms with E-state index in [-0.39, 0.29) is 23.3 Å². The minimum atomic E-state index is -0.695. The van der Waals surface area contributed by atoms with Crippen molar-refractivity contribution in [1.82, 2.24) is 0 Å². The first-order valence-corrected chi connectivity index (χ1v) is 8.30. The van der Waals surface area contributed by atoms with Crippen molar-refractivity contribution in [3.63, 3.8) is 0 Å². The Morgan fingerprint density at radius 1 is 1.35 bits per heavy atom. The number of amides is 1. The van der Waals surface area contributed by atoms with E-state index in [1.807, 2.05) is 44.2 Å². The SMILES string of the molecule is CCOC(=O)/C(C#N)=C1\S[C@H](CC)C(=O)N1c1ccc(C)cc1. The molecule has 1 heterocycles. The lowest BCUT2D eigenvalue weighted by Crippen LogP contribution is -2.29. The van der Waals surface area contributed by atoms with E-state index in [0.29, 0.717) is 17.1 Å². The van der Waals surface area contributed by atoms with Gasteiger partial charge in [-0.05, 0) is 32.4 Å². The monoisotopic (exact) mass is 330 g/mol. The lowest BCUT2D eigenvalue weighted by molar-refractivity contribution is -0.138. The zero-order chi connectivity index (χ0) is 17.0. The van der Waals surface area contributed by atoms with Crippen molar-refractivity contribution in [2.45, 2.75) is 32.4 Å². The van der Waals surface area contributed by atoms with E-state index in [2.05, 4.69) is 0 Å². The third-order valence-electron chi connectivity index (χ3n) is 3.42. The van der Waals surface area contributed by atoms with E-state index in [4.69, 9.17) is 4.74 Å². The maximum atomic E-state index is 12.6. The molecular formula is C17H18N2O3S. The van der Waals surface area contributed by atoms with E-state index >= 15 is 0 Å². The Hall–Kier alpha value is -2.26. The zero-order valence-electron chi connectivity index (χ0n) is 13.3. The first-order chi connectivity index (χ1) is 11.0. The summed E-state index contributed by atoms with van der Waals surface area (Å²) in [6, 6.07) is 9.30. The maximum absolute atomic E-state index is 12.6. The number of esters is 1. The van der Waals surface area contributed by atoms with Gasteiger partial charge in [0, 0.05) is 5.69 Å². The summed E-state index contributed by atoms with van der Waals surface area (Å²) in [5, 5.41) is 9.43. The average Bonchev–Trinajstić information content (AvgIpc) is 2.86. The van der Waals surface area contributed by atoms with Crippen molar-refractivity contribution in [3.8, 4) is 6.07 Å². The van der Waals surface area contributed by atoms with Gasteiger partial charge in [-0.3, -0.25) is 9.69 Å². The van der Waals surface area contributed by atoms with Crippen LogP contribution in [0.25, 0.3) is 0 Å². The van der Waals surface area contributed by atoms with Gasteiger partial charge in [-0.2, -0.15) is 5.26 Å². The fourth-order valence-corrected chi connectivity index (χ4v) is 3.42. The molecule has 0 aromatic heterocycles. The molecule has 1 amide bonds. The Labute approximate surface area is 139 Å². The maximum Gasteiger partial charge on any atom is 0.351 e. The first-order valence-electron chi connectivity index (χ1n) is 7.42. The summed E-state index contributed by atoms with van der Waals surface area (Å²) in [6.07, 6.45) is 0.622. The number of benzene rings is 1. The number of hydrogen-bond donors (Lipinski definition) is 0. The molecule has 1 fully saturated rings. The molecule has 0 saturated carbocycles. The van der Waals surface area contributed by atoms with Gasteiger partial charge in [-0.1, -0.05) is 36.4 Å². The Bertz CT molecular complexity index is 689. The number of nitrogens with zero attached hydrogens (tertiary/aromatic N) is 2. The molecular weight excluding hydrogens is 312 g/mol. The fourth-order valence-electron chi connectivity index (χ4n) is 2.23. The molecule has 0 radical (unpaired) electrons. The van der Waals surface area contributed by atoms with Gasteiger partial charge in [0.25, 0.3) is 0 Å². The summed E-state index contributed by atoms with van der Waals surface area (Å²) in [5.74, 6) is -0.812. The van der Waals surface area contributed by atoms with E-state index in [1.165, 1.54) is 16.7 Å². The van der Waals surface area contributed by atoms with Gasteiger partial charge < -0.3 is 4.74 Å². The van der Waals surface area contributed by atoms with Gasteiger partial charge in [0.2, 0.25) is 5.91 Å². The van der Waals surface area contributed by atoms with Crippen LogP contribution in [-0.2, 0) is 14.3 Å². The van der Waals surface area contributed by atoms with Crippen LogP contribution in [0.5, 0.6) is 0 Å². The largest absolute Gasteiger partial charge is 0.462 e. The normalized spacial score (nSPS) is 19.5. The standard InChI is InChI=1S/C17H18N2O3S/c1-4-14-15(20)19(12-8-6-11(3)7-9-12)16(23-14)13(10-18)17(21)22-5-2/h6-9,14H,4-5H2,1-3H3/b16-13-/t14-/m1/s1. The molecule has 23 heavy (non-hydrogen) atoms. The van der Waals surface area contributed by atoms with Crippen LogP contribution in [0.4, 0.5) is 5.69 Å². The smallest absolute Gasteiger partial charge is 0.351 e. The highest BCUT2D eigenvalue weighted by molar-refractivity contribution is 8.05. The minimum absolute atomic E-state index is 0.117. The molecule has 0 aliphatic carbocycles. The van der Waals surface area contributed by atoms with Gasteiger partial charge in [-0.15, -0.1) is 0 Å². The predicted molar refractivity (Wildman–Crippen MR) is 89.6 cm³/mol. The summed E-state index contributed by atoms with van der Waals surface area (Å²) in [4.78, 5) is 26.1. The van der Waals surface area contributed by atoms with Crippen molar-refractivity contribution in [2.75, 3.05) is 11.5 Å². The molecule has 0 unspecified atom stereocenters. The Morgan fingerprint density at radius 2 is 2.00 bits per heavy atom. The number of aryl methyl sites for hydroxylation is 1. The molecule has 0 spiro atoms. The third kappa shape index (κ3) is 3.40. The van der Waals surface area contributed by atoms with Crippen molar-refractivity contribution < 1.29 is 14.3 Å². The van der Waals surface area contributed by atoms with Crippen LogP contribution >= 0.6 is 11.8 Å². The Balaban J connectivity index is 2.54. The van der Waals surface area contributed by atoms with E-state index in [1.54, 1.807) is 6.92 Å². The van der Waals surface area contributed by atoms with E-state index in [9.17, 15) is 14.9 Å². The Morgan fingerprint density at radius 3 is 2.52 bits per heavy atom. The van der Waals surface area contributed by atoms with E-state index in [0.717, 1.165) is 5.56 Å². The van der Waals surface area contributed by atoms with Gasteiger partial charge in [0.1, 0.15) is 11.1 Å². The van der Waals surface area contributed by atoms with E-state index < -0.39 is 5.97 Å². The number of thioether (sulfide) groups is 1. The second kappa shape index (κ2) is 7.34. The molecule has 1 aromatic rings. The van der Waals surface area contributed by atoms with Crippen molar-refractivity contribution in [2.24, 2.45) is 0 Å². The van der Waals surface area contributed by atoms with Crippen molar-refractivity contribution >= 4 is 29.3 Å². The van der Waals surface area contributed by atoms with Crippen LogP contribution < -0.4 is 4.90 Å². The molecule has 120 valence electrons. The third-order valence-corrected chi connectivity index (χ3v) is 4.85. The van der Waals surface area contributed by atoms with Crippen LogP contribution in [0.1, 0.15) is 25.8 Å². The summed E-state index contributed by atoms with van der Waals surface area (Å²) < 4.78 is 4.94. The topological polar surface area (TPSA) is 70.4 Å². The molecule has 5 nitrogen and oxygen atoms in total. The highest BCUT2D eigenvalue weighted by Gasteiger charge is 2.40. The fraction of sp³-hybridized carbons (Fsp3) is 0.353. The lowest BCUT2D eigenvalue weighted by Gasteiger charge is -2.18. The molecule has 1 aromatic carbocycles. The van der Waals surface area contributed by atoms with Gasteiger partial charge >= 0.3 is 5.97 Å². The number of carbonyl (C=O) groups excluding carboxylic acids is 2. The quantitative estimate of drug-likeness (QED) is 0.482. The zero-order valence-corrected chi connectivity index (χ0v) is 14.1. The second-order valence-electron chi connectivity index (χ2n) is 5.04. The van der Waals surface area contributed by atoms with Gasteiger partial charge in [0.15, 0.2) is 5.57 Å². The molecule has 1 aliphatic rings. The predicted octanol–water partition coefficient (Wildman–Crippen LogP) is 3.15. The molecule has 1 saturated heterocycles. The second-order valence-corrected chi connectivity index (χ2v) is 6.23. The molecule has 0 bridgehead atoms. The molecule has 0 N–H and O–H groups in total. The minimum Gasteiger partial charge on any atom is -0.462 e. The van der Waals surface area contributed by atoms with Crippen LogP contribution in [-0.4, -0.2) is 23.7 Å². The Kier molecular flexibility index (Phi) is 5.45. The highest BCUT2D eigenvalue weighted by atomic mass is 32.2. The molecule has 1 aliphatic heterocycles. The number of anilines is 1. The van der Waals surface area contributed by atoms with Crippen LogP contribution in [0.15, 0.2) is 34.9 Å². The lowest BCUT2D eigenvalue weighted by atomic mass is 10.2. The van der Waals surface area contributed by atoms with Crippen molar-refractivity contribution in [1.29, 1.82) is 5.26 Å². The van der Waals surface area contributed by atoms with Crippen LogP contribution in [0.2, 0.25) is 0 Å². The number of ether oxygens (including phenoxy) is 1. The number of nitriles is 1. The van der Waals surface area contributed by atoms with Crippen molar-refractivity contribution in [3.05, 3.63) is 40.4 Å². The van der Waals surface area contributed by atoms with Crippen LogP contribution in [0, 0.1) is 18.3 Å². The summed E-state index contributed by atoms with van der Waals surface area (Å²) in [5.41, 5.74) is 1.59. The summed E-state index contributed by atoms with van der Waals surface area (Å²) in [6.45, 7) is 5.71. The number of carbonyl (C=O) groups is 2. The molecule has 1 atom stereocenters.